The number of rotatable bonds is 5. The van der Waals surface area contributed by atoms with Gasteiger partial charge in [0.1, 0.15) is 10.9 Å². The highest BCUT2D eigenvalue weighted by atomic mass is 127. The molecule has 3 N–H and O–H groups in total. The molecule has 0 atom stereocenters. The second-order valence-corrected chi connectivity index (χ2v) is 8.85. The van der Waals surface area contributed by atoms with Gasteiger partial charge in [-0.25, -0.2) is 4.98 Å². The average molecular weight is 614 g/mol. The van der Waals surface area contributed by atoms with Gasteiger partial charge < -0.3 is 20.2 Å². The van der Waals surface area contributed by atoms with Crippen molar-refractivity contribution in [2.24, 2.45) is 5.73 Å². The fourth-order valence-electron chi connectivity index (χ4n) is 2.66. The maximum absolute atomic E-state index is 6.05. The van der Waals surface area contributed by atoms with Crippen molar-refractivity contribution in [1.82, 2.24) is 13.9 Å². The number of H-pyrrole nitrogens is 1. The highest BCUT2D eigenvalue weighted by Gasteiger charge is 2.12. The normalized spacial score (nSPS) is 13.7. The largest absolute Gasteiger partial charge is 0.481 e. The SMILES string of the molecule is CO/C(N)=c1/c(=C(/Br)Cc2cc3c(Br)cnc(OC)c3[nH]2)ccn1SI. The molecule has 0 fully saturated rings. The summed E-state index contributed by atoms with van der Waals surface area (Å²) in [6, 6.07) is 4.09. The zero-order valence-electron chi connectivity index (χ0n) is 13.8. The molecule has 3 rings (SSSR count). The molecule has 3 heterocycles. The summed E-state index contributed by atoms with van der Waals surface area (Å²) < 4.78 is 14.5. The van der Waals surface area contributed by atoms with E-state index in [0.717, 1.165) is 36.1 Å². The summed E-state index contributed by atoms with van der Waals surface area (Å²) in [5, 5.41) is 2.84. The molecular weight excluding hydrogens is 599 g/mol. The molecule has 0 amide bonds. The molecule has 0 spiro atoms. The van der Waals surface area contributed by atoms with Crippen molar-refractivity contribution < 1.29 is 9.47 Å². The fraction of sp³-hybridized carbons (Fsp3) is 0.188. The van der Waals surface area contributed by atoms with E-state index >= 15 is 0 Å². The van der Waals surface area contributed by atoms with E-state index in [1.807, 2.05) is 16.2 Å². The minimum absolute atomic E-state index is 0.372. The number of aromatic amines is 1. The Morgan fingerprint density at radius 2 is 2.23 bits per heavy atom. The van der Waals surface area contributed by atoms with Gasteiger partial charge in [-0.05, 0) is 28.1 Å². The summed E-state index contributed by atoms with van der Waals surface area (Å²) >= 11 is 9.46. The Hall–Kier alpha value is -0.850. The Morgan fingerprint density at radius 3 is 2.88 bits per heavy atom. The van der Waals surface area contributed by atoms with E-state index in [1.54, 1.807) is 20.4 Å². The summed E-state index contributed by atoms with van der Waals surface area (Å²) in [6.45, 7) is 0. The third kappa shape index (κ3) is 3.73. The molecule has 0 aliphatic rings. The smallest absolute Gasteiger partial charge is 0.238 e. The number of hydrogen-bond acceptors (Lipinski definition) is 5. The molecule has 3 aromatic rings. The van der Waals surface area contributed by atoms with Crippen LogP contribution < -0.4 is 21.0 Å². The van der Waals surface area contributed by atoms with Crippen LogP contribution in [0.2, 0.25) is 0 Å². The molecule has 3 aromatic heterocycles. The first-order valence-corrected chi connectivity index (χ1v) is 12.3. The van der Waals surface area contributed by atoms with Gasteiger partial charge in [0.15, 0.2) is 0 Å². The summed E-state index contributed by atoms with van der Waals surface area (Å²) in [7, 11) is 4.70. The van der Waals surface area contributed by atoms with Crippen molar-refractivity contribution in [1.29, 1.82) is 0 Å². The molecule has 138 valence electrons. The quantitative estimate of drug-likeness (QED) is 0.432. The van der Waals surface area contributed by atoms with Gasteiger partial charge >= 0.3 is 0 Å². The van der Waals surface area contributed by atoms with E-state index in [0.29, 0.717) is 18.2 Å². The summed E-state index contributed by atoms with van der Waals surface area (Å²) in [4.78, 5) is 7.67. The first-order valence-electron chi connectivity index (χ1n) is 7.39. The van der Waals surface area contributed by atoms with Crippen LogP contribution in [0.1, 0.15) is 5.69 Å². The van der Waals surface area contributed by atoms with Gasteiger partial charge in [0.25, 0.3) is 0 Å². The molecule has 0 unspecified atom stereocenters. The van der Waals surface area contributed by atoms with Gasteiger partial charge in [0, 0.05) is 74.4 Å². The Balaban J connectivity index is 2.13. The van der Waals surface area contributed by atoms with Crippen LogP contribution >= 0.6 is 62.2 Å². The van der Waals surface area contributed by atoms with E-state index in [9.17, 15) is 0 Å². The maximum Gasteiger partial charge on any atom is 0.238 e. The molecule has 0 saturated heterocycles. The predicted octanol–water partition coefficient (Wildman–Crippen LogP) is 3.40. The number of pyridine rings is 1. The second kappa shape index (κ2) is 8.44. The number of methoxy groups -OCH3 is 2. The molecular formula is C16H15Br2IN4O2S. The zero-order valence-corrected chi connectivity index (χ0v) is 20.0. The van der Waals surface area contributed by atoms with Crippen molar-refractivity contribution in [2.75, 3.05) is 14.2 Å². The summed E-state index contributed by atoms with van der Waals surface area (Å²) in [6.07, 6.45) is 4.36. The molecule has 0 radical (unpaired) electrons. The van der Waals surface area contributed by atoms with Crippen LogP contribution in [0.3, 0.4) is 0 Å². The number of hydrogen-bond donors (Lipinski definition) is 2. The van der Waals surface area contributed by atoms with Crippen LogP contribution in [0.15, 0.2) is 29.0 Å². The predicted molar refractivity (Wildman–Crippen MR) is 122 cm³/mol. The first kappa shape index (κ1) is 19.9. The van der Waals surface area contributed by atoms with Gasteiger partial charge in [-0.1, -0.05) is 15.9 Å². The van der Waals surface area contributed by atoms with Crippen molar-refractivity contribution >= 4 is 83.5 Å². The summed E-state index contributed by atoms with van der Waals surface area (Å²) in [5.41, 5.74) is 7.94. The maximum atomic E-state index is 6.05. The van der Waals surface area contributed by atoms with Crippen molar-refractivity contribution in [3.8, 4) is 5.88 Å². The summed E-state index contributed by atoms with van der Waals surface area (Å²) in [5.74, 6) is 0.937. The van der Waals surface area contributed by atoms with E-state index < -0.39 is 0 Å². The van der Waals surface area contributed by atoms with Gasteiger partial charge in [-0.3, -0.25) is 3.97 Å². The van der Waals surface area contributed by atoms with Gasteiger partial charge in [-0.2, -0.15) is 0 Å². The average Bonchev–Trinajstić information content (AvgIpc) is 3.25. The van der Waals surface area contributed by atoms with Gasteiger partial charge in [0.2, 0.25) is 11.8 Å². The number of ether oxygens (including phenoxy) is 2. The van der Waals surface area contributed by atoms with Crippen LogP contribution in [0, 0.1) is 0 Å². The number of nitrogens with zero attached hydrogens (tertiary/aromatic N) is 2. The van der Waals surface area contributed by atoms with Crippen LogP contribution in [-0.4, -0.2) is 28.2 Å². The highest BCUT2D eigenvalue weighted by Crippen LogP contribution is 2.30. The second-order valence-electron chi connectivity index (χ2n) is 5.32. The Kier molecular flexibility index (Phi) is 6.46. The topological polar surface area (TPSA) is 78.1 Å². The molecule has 6 nitrogen and oxygen atoms in total. The van der Waals surface area contributed by atoms with Crippen LogP contribution in [0.25, 0.3) is 21.3 Å². The Morgan fingerprint density at radius 1 is 1.46 bits per heavy atom. The lowest BCUT2D eigenvalue weighted by Crippen LogP contribution is -2.33. The first-order chi connectivity index (χ1) is 12.5. The van der Waals surface area contributed by atoms with E-state index in [1.165, 1.54) is 9.12 Å². The number of nitrogens with two attached hydrogens (primary N) is 1. The van der Waals surface area contributed by atoms with Crippen molar-refractivity contribution in [2.45, 2.75) is 6.42 Å². The lowest BCUT2D eigenvalue weighted by molar-refractivity contribution is 0.355. The number of fused-ring (bicyclic) bond motifs is 1. The van der Waals surface area contributed by atoms with Crippen LogP contribution in [0.5, 0.6) is 5.88 Å². The van der Waals surface area contributed by atoms with Gasteiger partial charge in [-0.15, -0.1) is 0 Å². The van der Waals surface area contributed by atoms with Crippen LogP contribution in [0.4, 0.5) is 0 Å². The van der Waals surface area contributed by atoms with E-state index in [-0.39, 0.29) is 0 Å². The lowest BCUT2D eigenvalue weighted by Gasteiger charge is -2.02. The molecule has 0 aromatic carbocycles. The Labute approximate surface area is 183 Å². The molecule has 0 bridgehead atoms. The number of nitrogens with one attached hydrogen (secondary N) is 1. The minimum Gasteiger partial charge on any atom is -0.481 e. The molecule has 26 heavy (non-hydrogen) atoms. The van der Waals surface area contributed by atoms with Gasteiger partial charge in [0.05, 0.1) is 14.2 Å². The van der Waals surface area contributed by atoms with Crippen molar-refractivity contribution in [3.05, 3.63) is 45.3 Å². The monoisotopic (exact) mass is 612 g/mol. The number of aromatic nitrogens is 3. The van der Waals surface area contributed by atoms with Crippen molar-refractivity contribution in [3.63, 3.8) is 0 Å². The zero-order chi connectivity index (χ0) is 18.8. The van der Waals surface area contributed by atoms with Crippen LogP contribution in [-0.2, 0) is 11.2 Å². The highest BCUT2D eigenvalue weighted by molar-refractivity contribution is 14.2. The third-order valence-electron chi connectivity index (χ3n) is 3.85. The molecule has 0 saturated carbocycles. The standard InChI is InChI=1S/C16H15Br2IN4O2S/c1-24-15(20)14-9(3-4-23(14)26-19)11(17)6-8-5-10-12(18)7-21-16(25-2)13(10)22-8/h3-5,7,22H,6,20H2,1-2H3/b11-9+,15-14-. The van der Waals surface area contributed by atoms with E-state index in [4.69, 9.17) is 15.2 Å². The fourth-order valence-corrected chi connectivity index (χ4v) is 5.04. The molecule has 10 heteroatoms. The molecule has 0 aliphatic heterocycles. The van der Waals surface area contributed by atoms with E-state index in [2.05, 4.69) is 69.1 Å². The lowest BCUT2D eigenvalue weighted by atomic mass is 10.2. The molecule has 0 aliphatic carbocycles. The third-order valence-corrected chi connectivity index (χ3v) is 6.92. The Bertz CT molecular complexity index is 1080. The number of halogens is 3. The minimum atomic E-state index is 0.372.